The zero-order valence-electron chi connectivity index (χ0n) is 13.3. The van der Waals surface area contributed by atoms with Crippen LogP contribution in [0.25, 0.3) is 0 Å². The number of para-hydroxylation sites is 2. The second-order valence-corrected chi connectivity index (χ2v) is 5.39. The second-order valence-electron chi connectivity index (χ2n) is 5.39. The van der Waals surface area contributed by atoms with Crippen LogP contribution in [-0.4, -0.2) is 36.6 Å². The molecule has 130 valence electrons. The number of rotatable bonds is 6. The molecule has 2 N–H and O–H groups in total. The minimum atomic E-state index is -0.686. The molecule has 1 amide bonds. The Morgan fingerprint density at radius 3 is 2.56 bits per heavy atom. The van der Waals surface area contributed by atoms with E-state index in [1.54, 1.807) is 24.3 Å². The fraction of sp³-hybridized carbons (Fsp3) is 0.235. The monoisotopic (exact) mass is 343 g/mol. The fourth-order valence-corrected chi connectivity index (χ4v) is 2.36. The standard InChI is InChI=1S/C17H17N3O5/c21-17(16-11-24-14-3-1-2-4-15(14)25-16)19-10-9-18-12-5-7-13(8-6-12)20(22)23/h1-8,16,18H,9-11H2,(H,19,21)/t16-/m1/s1. The molecule has 3 rings (SSSR count). The van der Waals surface area contributed by atoms with Gasteiger partial charge < -0.3 is 20.1 Å². The summed E-state index contributed by atoms with van der Waals surface area (Å²) in [6.07, 6.45) is -0.686. The molecule has 0 aliphatic carbocycles. The van der Waals surface area contributed by atoms with Crippen molar-refractivity contribution < 1.29 is 19.2 Å². The summed E-state index contributed by atoms with van der Waals surface area (Å²) in [5.41, 5.74) is 0.777. The summed E-state index contributed by atoms with van der Waals surface area (Å²) in [5, 5.41) is 16.4. The van der Waals surface area contributed by atoms with Gasteiger partial charge in [0.25, 0.3) is 11.6 Å². The summed E-state index contributed by atoms with van der Waals surface area (Å²) < 4.78 is 11.1. The van der Waals surface area contributed by atoms with Crippen molar-refractivity contribution in [1.82, 2.24) is 5.32 Å². The molecule has 0 radical (unpaired) electrons. The van der Waals surface area contributed by atoms with Gasteiger partial charge in [0.1, 0.15) is 6.61 Å². The lowest BCUT2D eigenvalue weighted by molar-refractivity contribution is -0.384. The van der Waals surface area contributed by atoms with Crippen LogP contribution in [0.2, 0.25) is 0 Å². The largest absolute Gasteiger partial charge is 0.485 e. The topological polar surface area (TPSA) is 103 Å². The van der Waals surface area contributed by atoms with Gasteiger partial charge in [-0.05, 0) is 24.3 Å². The Labute approximate surface area is 143 Å². The number of non-ortho nitro benzene ring substituents is 1. The van der Waals surface area contributed by atoms with E-state index < -0.39 is 11.0 Å². The zero-order chi connectivity index (χ0) is 17.6. The van der Waals surface area contributed by atoms with E-state index >= 15 is 0 Å². The van der Waals surface area contributed by atoms with Crippen molar-refractivity contribution in [1.29, 1.82) is 0 Å². The van der Waals surface area contributed by atoms with Gasteiger partial charge in [-0.1, -0.05) is 12.1 Å². The number of nitro benzene ring substituents is 1. The number of nitrogens with one attached hydrogen (secondary N) is 2. The van der Waals surface area contributed by atoms with Crippen LogP contribution in [0.5, 0.6) is 11.5 Å². The summed E-state index contributed by atoms with van der Waals surface area (Å²) in [5.74, 6) is 0.935. The first-order chi connectivity index (χ1) is 12.1. The molecular weight excluding hydrogens is 326 g/mol. The Morgan fingerprint density at radius 1 is 1.12 bits per heavy atom. The number of hydrogen-bond donors (Lipinski definition) is 2. The van der Waals surface area contributed by atoms with Crippen molar-refractivity contribution in [3.05, 3.63) is 58.6 Å². The number of amides is 1. The van der Waals surface area contributed by atoms with E-state index in [1.807, 2.05) is 12.1 Å². The third-order valence-corrected chi connectivity index (χ3v) is 3.63. The summed E-state index contributed by atoms with van der Waals surface area (Å²) >= 11 is 0. The fourth-order valence-electron chi connectivity index (χ4n) is 2.36. The lowest BCUT2D eigenvalue weighted by Gasteiger charge is -2.25. The maximum absolute atomic E-state index is 12.1. The van der Waals surface area contributed by atoms with E-state index in [4.69, 9.17) is 9.47 Å². The van der Waals surface area contributed by atoms with Gasteiger partial charge in [0.15, 0.2) is 11.5 Å². The molecule has 0 unspecified atom stereocenters. The molecule has 0 saturated carbocycles. The van der Waals surface area contributed by atoms with Gasteiger partial charge in [-0.2, -0.15) is 0 Å². The van der Waals surface area contributed by atoms with Gasteiger partial charge in [0, 0.05) is 30.9 Å². The van der Waals surface area contributed by atoms with E-state index in [0.717, 1.165) is 5.69 Å². The zero-order valence-corrected chi connectivity index (χ0v) is 13.3. The van der Waals surface area contributed by atoms with Crippen LogP contribution in [0.15, 0.2) is 48.5 Å². The molecule has 8 nitrogen and oxygen atoms in total. The molecule has 25 heavy (non-hydrogen) atoms. The minimum absolute atomic E-state index is 0.0357. The third kappa shape index (κ3) is 4.17. The van der Waals surface area contributed by atoms with Gasteiger partial charge >= 0.3 is 0 Å². The minimum Gasteiger partial charge on any atom is -0.485 e. The number of carbonyl (C=O) groups excluding carboxylic acids is 1. The Balaban J connectivity index is 1.42. The molecule has 0 fully saturated rings. The first kappa shape index (κ1) is 16.6. The lowest BCUT2D eigenvalue weighted by atomic mass is 10.2. The predicted octanol–water partition coefficient (Wildman–Crippen LogP) is 1.96. The number of benzene rings is 2. The second kappa shape index (κ2) is 7.52. The first-order valence-electron chi connectivity index (χ1n) is 7.78. The molecule has 1 aliphatic heterocycles. The summed E-state index contributed by atoms with van der Waals surface area (Å²) in [4.78, 5) is 22.3. The van der Waals surface area contributed by atoms with Gasteiger partial charge in [-0.3, -0.25) is 14.9 Å². The van der Waals surface area contributed by atoms with Crippen LogP contribution in [0.1, 0.15) is 0 Å². The quantitative estimate of drug-likeness (QED) is 0.472. The molecule has 8 heteroatoms. The highest BCUT2D eigenvalue weighted by atomic mass is 16.6. The molecule has 0 spiro atoms. The Bertz CT molecular complexity index is 763. The normalized spacial score (nSPS) is 15.3. The number of anilines is 1. The van der Waals surface area contributed by atoms with Crippen LogP contribution in [0.4, 0.5) is 11.4 Å². The van der Waals surface area contributed by atoms with Crippen LogP contribution >= 0.6 is 0 Å². The smallest absolute Gasteiger partial charge is 0.269 e. The molecule has 1 aliphatic rings. The number of nitro groups is 1. The Morgan fingerprint density at radius 2 is 1.84 bits per heavy atom. The van der Waals surface area contributed by atoms with Gasteiger partial charge in [-0.25, -0.2) is 0 Å². The van der Waals surface area contributed by atoms with Gasteiger partial charge in [0.2, 0.25) is 6.10 Å². The van der Waals surface area contributed by atoms with Crippen molar-refractivity contribution in [2.75, 3.05) is 25.0 Å². The molecule has 1 atom stereocenters. The van der Waals surface area contributed by atoms with E-state index in [2.05, 4.69) is 10.6 Å². The Kier molecular flexibility index (Phi) is 4.98. The van der Waals surface area contributed by atoms with Gasteiger partial charge in [-0.15, -0.1) is 0 Å². The first-order valence-corrected chi connectivity index (χ1v) is 7.78. The molecule has 2 aromatic rings. The van der Waals surface area contributed by atoms with E-state index in [-0.39, 0.29) is 18.2 Å². The van der Waals surface area contributed by atoms with E-state index in [9.17, 15) is 14.9 Å². The summed E-state index contributed by atoms with van der Waals surface area (Å²) in [6, 6.07) is 13.3. The van der Waals surface area contributed by atoms with Gasteiger partial charge in [0.05, 0.1) is 4.92 Å². The van der Waals surface area contributed by atoms with E-state index in [0.29, 0.717) is 24.6 Å². The van der Waals surface area contributed by atoms with Crippen molar-refractivity contribution >= 4 is 17.3 Å². The number of fused-ring (bicyclic) bond motifs is 1. The lowest BCUT2D eigenvalue weighted by Crippen LogP contribution is -2.45. The molecule has 0 saturated heterocycles. The average molecular weight is 343 g/mol. The van der Waals surface area contributed by atoms with Crippen molar-refractivity contribution in [3.8, 4) is 11.5 Å². The highest BCUT2D eigenvalue weighted by molar-refractivity contribution is 5.81. The SMILES string of the molecule is O=C(NCCNc1ccc([N+](=O)[O-])cc1)[C@H]1COc2ccccc2O1. The molecule has 2 aromatic carbocycles. The van der Waals surface area contributed by atoms with Crippen LogP contribution < -0.4 is 20.1 Å². The van der Waals surface area contributed by atoms with Crippen LogP contribution in [0.3, 0.4) is 0 Å². The van der Waals surface area contributed by atoms with Crippen molar-refractivity contribution in [2.45, 2.75) is 6.10 Å². The number of hydrogen-bond acceptors (Lipinski definition) is 6. The molecule has 0 bridgehead atoms. The maximum Gasteiger partial charge on any atom is 0.269 e. The number of carbonyl (C=O) groups is 1. The summed E-state index contributed by atoms with van der Waals surface area (Å²) in [6.45, 7) is 1.03. The summed E-state index contributed by atoms with van der Waals surface area (Å²) in [7, 11) is 0. The number of nitrogens with zero attached hydrogens (tertiary/aromatic N) is 1. The molecule has 0 aromatic heterocycles. The predicted molar refractivity (Wildman–Crippen MR) is 90.9 cm³/mol. The average Bonchev–Trinajstić information content (AvgIpc) is 2.65. The van der Waals surface area contributed by atoms with Crippen molar-refractivity contribution in [2.24, 2.45) is 0 Å². The highest BCUT2D eigenvalue weighted by Crippen LogP contribution is 2.30. The number of ether oxygens (including phenoxy) is 2. The highest BCUT2D eigenvalue weighted by Gasteiger charge is 2.26. The Hall–Kier alpha value is -3.29. The van der Waals surface area contributed by atoms with E-state index in [1.165, 1.54) is 12.1 Å². The van der Waals surface area contributed by atoms with Crippen LogP contribution in [-0.2, 0) is 4.79 Å². The maximum atomic E-state index is 12.1. The van der Waals surface area contributed by atoms with Crippen molar-refractivity contribution in [3.63, 3.8) is 0 Å². The molecule has 1 heterocycles. The molecular formula is C17H17N3O5. The third-order valence-electron chi connectivity index (χ3n) is 3.63. The van der Waals surface area contributed by atoms with Crippen LogP contribution in [0, 0.1) is 10.1 Å².